The second-order valence-corrected chi connectivity index (χ2v) is 7.64. The first-order valence-electron chi connectivity index (χ1n) is 7.81. The van der Waals surface area contributed by atoms with E-state index in [0.29, 0.717) is 17.0 Å². The summed E-state index contributed by atoms with van der Waals surface area (Å²) < 4.78 is 56.1. The summed E-state index contributed by atoms with van der Waals surface area (Å²) in [5.41, 5.74) is 0.874. The molecule has 5 nitrogen and oxygen atoms in total. The molecule has 1 aromatic heterocycles. The van der Waals surface area contributed by atoms with E-state index in [0.717, 1.165) is 0 Å². The number of aromatic nitrogens is 2. The molecule has 0 bridgehead atoms. The van der Waals surface area contributed by atoms with Crippen LogP contribution in [-0.4, -0.2) is 18.0 Å². The van der Waals surface area contributed by atoms with Gasteiger partial charge in [-0.3, -0.25) is 0 Å². The van der Waals surface area contributed by atoms with E-state index in [9.17, 15) is 17.2 Å². The number of halogens is 2. The molecule has 0 aliphatic rings. The van der Waals surface area contributed by atoms with E-state index < -0.39 is 27.7 Å². The van der Waals surface area contributed by atoms with Gasteiger partial charge in [0.25, 0.3) is 0 Å². The molecule has 0 radical (unpaired) electrons. The molecule has 3 rings (SSSR count). The summed E-state index contributed by atoms with van der Waals surface area (Å²) >= 11 is 0. The molecular formula is C18H17F2N3O2S. The van der Waals surface area contributed by atoms with Crippen molar-refractivity contribution in [3.05, 3.63) is 89.5 Å². The van der Waals surface area contributed by atoms with Gasteiger partial charge in [-0.2, -0.15) is 4.72 Å². The summed E-state index contributed by atoms with van der Waals surface area (Å²) in [7, 11) is -2.07. The number of imidazole rings is 1. The van der Waals surface area contributed by atoms with Crippen LogP contribution in [0, 0.1) is 11.6 Å². The quantitative estimate of drug-likeness (QED) is 0.718. The van der Waals surface area contributed by atoms with Gasteiger partial charge in [-0.15, -0.1) is 0 Å². The minimum absolute atomic E-state index is 0.330. The standard InChI is InChI=1S/C18H17F2N3O2S/c1-23-10-9-21-18(23)17(14-3-2-4-16(20)11-14)22-26(24,25)12-13-5-7-15(19)8-6-13/h2-11,17,22H,12H2,1H3. The molecule has 0 amide bonds. The zero-order chi connectivity index (χ0) is 18.7. The fourth-order valence-corrected chi connectivity index (χ4v) is 3.95. The van der Waals surface area contributed by atoms with E-state index in [1.807, 2.05) is 0 Å². The molecule has 136 valence electrons. The van der Waals surface area contributed by atoms with Crippen LogP contribution in [0.3, 0.4) is 0 Å². The van der Waals surface area contributed by atoms with E-state index in [2.05, 4.69) is 9.71 Å². The van der Waals surface area contributed by atoms with Gasteiger partial charge in [0.1, 0.15) is 23.5 Å². The largest absolute Gasteiger partial charge is 0.336 e. The molecule has 0 fully saturated rings. The minimum atomic E-state index is -3.80. The van der Waals surface area contributed by atoms with Crippen molar-refractivity contribution in [2.75, 3.05) is 0 Å². The molecule has 0 aliphatic heterocycles. The fourth-order valence-electron chi connectivity index (χ4n) is 2.63. The number of hydrogen-bond donors (Lipinski definition) is 1. The third kappa shape index (κ3) is 4.33. The maximum absolute atomic E-state index is 13.6. The second kappa shape index (κ2) is 7.35. The predicted molar refractivity (Wildman–Crippen MR) is 93.6 cm³/mol. The van der Waals surface area contributed by atoms with Gasteiger partial charge in [0, 0.05) is 19.4 Å². The molecule has 1 atom stereocenters. The number of rotatable bonds is 6. The van der Waals surface area contributed by atoms with Crippen LogP contribution in [0.1, 0.15) is 23.0 Å². The van der Waals surface area contributed by atoms with E-state index >= 15 is 0 Å². The van der Waals surface area contributed by atoms with Crippen LogP contribution in [0.15, 0.2) is 60.9 Å². The molecule has 1 unspecified atom stereocenters. The monoisotopic (exact) mass is 377 g/mol. The highest BCUT2D eigenvalue weighted by molar-refractivity contribution is 7.88. The van der Waals surface area contributed by atoms with Gasteiger partial charge in [0.15, 0.2) is 0 Å². The lowest BCUT2D eigenvalue weighted by Crippen LogP contribution is -2.32. The Kier molecular flexibility index (Phi) is 5.15. The Bertz CT molecular complexity index is 1000. The molecule has 2 aromatic carbocycles. The second-order valence-electron chi connectivity index (χ2n) is 5.89. The highest BCUT2D eigenvalue weighted by Gasteiger charge is 2.25. The van der Waals surface area contributed by atoms with Crippen molar-refractivity contribution in [2.45, 2.75) is 11.8 Å². The van der Waals surface area contributed by atoms with Gasteiger partial charge in [-0.25, -0.2) is 22.2 Å². The van der Waals surface area contributed by atoms with Gasteiger partial charge in [0.2, 0.25) is 10.0 Å². The van der Waals surface area contributed by atoms with Crippen LogP contribution < -0.4 is 4.72 Å². The van der Waals surface area contributed by atoms with E-state index in [1.165, 1.54) is 48.7 Å². The smallest absolute Gasteiger partial charge is 0.216 e. The van der Waals surface area contributed by atoms with Crippen molar-refractivity contribution >= 4 is 10.0 Å². The van der Waals surface area contributed by atoms with Crippen LogP contribution in [0.4, 0.5) is 8.78 Å². The zero-order valence-corrected chi connectivity index (χ0v) is 14.7. The lowest BCUT2D eigenvalue weighted by atomic mass is 10.1. The van der Waals surface area contributed by atoms with Crippen LogP contribution >= 0.6 is 0 Å². The molecule has 8 heteroatoms. The number of nitrogens with one attached hydrogen (secondary N) is 1. The normalized spacial score (nSPS) is 12.9. The Balaban J connectivity index is 1.92. The highest BCUT2D eigenvalue weighted by atomic mass is 32.2. The van der Waals surface area contributed by atoms with Crippen molar-refractivity contribution in [1.82, 2.24) is 14.3 Å². The van der Waals surface area contributed by atoms with E-state index in [1.54, 1.807) is 23.9 Å². The van der Waals surface area contributed by atoms with Crippen LogP contribution in [0.2, 0.25) is 0 Å². The van der Waals surface area contributed by atoms with Gasteiger partial charge >= 0.3 is 0 Å². The van der Waals surface area contributed by atoms with Gasteiger partial charge in [0.05, 0.1) is 5.75 Å². The first-order chi connectivity index (χ1) is 12.3. The Morgan fingerprint density at radius 1 is 1.12 bits per heavy atom. The summed E-state index contributed by atoms with van der Waals surface area (Å²) in [6.07, 6.45) is 3.21. The van der Waals surface area contributed by atoms with Gasteiger partial charge in [-0.1, -0.05) is 24.3 Å². The molecule has 0 saturated heterocycles. The fraction of sp³-hybridized carbons (Fsp3) is 0.167. The highest BCUT2D eigenvalue weighted by Crippen LogP contribution is 2.23. The molecule has 0 aliphatic carbocycles. The summed E-state index contributed by atoms with van der Waals surface area (Å²) in [5.74, 6) is -0.814. The van der Waals surface area contributed by atoms with Crippen LogP contribution in [0.25, 0.3) is 0 Å². The molecule has 26 heavy (non-hydrogen) atoms. The Hall–Kier alpha value is -2.58. The summed E-state index contributed by atoms with van der Waals surface area (Å²) in [6.45, 7) is 0. The average molecular weight is 377 g/mol. The Morgan fingerprint density at radius 3 is 2.46 bits per heavy atom. The molecule has 3 aromatic rings. The topological polar surface area (TPSA) is 64.0 Å². The Morgan fingerprint density at radius 2 is 1.85 bits per heavy atom. The van der Waals surface area contributed by atoms with Crippen molar-refractivity contribution < 1.29 is 17.2 Å². The molecule has 0 spiro atoms. The summed E-state index contributed by atoms with van der Waals surface area (Å²) in [4.78, 5) is 4.19. The summed E-state index contributed by atoms with van der Waals surface area (Å²) in [5, 5.41) is 0. The van der Waals surface area contributed by atoms with Crippen LogP contribution in [0.5, 0.6) is 0 Å². The number of benzene rings is 2. The van der Waals surface area contributed by atoms with Crippen molar-refractivity contribution in [1.29, 1.82) is 0 Å². The lowest BCUT2D eigenvalue weighted by Gasteiger charge is -2.19. The number of nitrogens with zero attached hydrogens (tertiary/aromatic N) is 2. The average Bonchev–Trinajstić information content (AvgIpc) is 3.00. The molecular weight excluding hydrogens is 360 g/mol. The predicted octanol–water partition coefficient (Wildman–Crippen LogP) is 2.91. The van der Waals surface area contributed by atoms with Crippen molar-refractivity contribution in [3.63, 3.8) is 0 Å². The molecule has 0 saturated carbocycles. The van der Waals surface area contributed by atoms with E-state index in [4.69, 9.17) is 0 Å². The Labute approximate surface area is 150 Å². The first-order valence-corrected chi connectivity index (χ1v) is 9.46. The molecule has 1 N–H and O–H groups in total. The third-order valence-electron chi connectivity index (χ3n) is 3.87. The number of aryl methyl sites for hydroxylation is 1. The molecule has 1 heterocycles. The third-order valence-corrected chi connectivity index (χ3v) is 5.17. The number of sulfonamides is 1. The number of hydrogen-bond acceptors (Lipinski definition) is 3. The van der Waals surface area contributed by atoms with Gasteiger partial charge < -0.3 is 4.57 Å². The van der Waals surface area contributed by atoms with E-state index in [-0.39, 0.29) is 5.75 Å². The lowest BCUT2D eigenvalue weighted by molar-refractivity contribution is 0.559. The maximum Gasteiger partial charge on any atom is 0.216 e. The van der Waals surface area contributed by atoms with Crippen molar-refractivity contribution in [3.8, 4) is 0 Å². The van der Waals surface area contributed by atoms with Crippen molar-refractivity contribution in [2.24, 2.45) is 7.05 Å². The van der Waals surface area contributed by atoms with Gasteiger partial charge in [-0.05, 0) is 35.4 Å². The minimum Gasteiger partial charge on any atom is -0.336 e. The van der Waals surface area contributed by atoms with Crippen LogP contribution in [-0.2, 0) is 22.8 Å². The first kappa shape index (κ1) is 18.2. The maximum atomic E-state index is 13.6. The zero-order valence-electron chi connectivity index (χ0n) is 13.9. The summed E-state index contributed by atoms with van der Waals surface area (Å²) in [6, 6.07) is 10.1. The SMILES string of the molecule is Cn1ccnc1C(NS(=O)(=O)Cc1ccc(F)cc1)c1cccc(F)c1.